The van der Waals surface area contributed by atoms with Crippen LogP contribution < -0.4 is 4.74 Å². The van der Waals surface area contributed by atoms with Crippen LogP contribution in [0, 0.1) is 11.3 Å². The van der Waals surface area contributed by atoms with Gasteiger partial charge >= 0.3 is 0 Å². The molecule has 0 saturated heterocycles. The topological polar surface area (TPSA) is 50.1 Å². The van der Waals surface area contributed by atoms with E-state index in [1.54, 1.807) is 0 Å². The Kier molecular flexibility index (Phi) is 7.92. The third-order valence-electron chi connectivity index (χ3n) is 2.76. The summed E-state index contributed by atoms with van der Waals surface area (Å²) in [7, 11) is -0.771. The van der Waals surface area contributed by atoms with E-state index in [1.807, 2.05) is 24.3 Å². The van der Waals surface area contributed by atoms with Gasteiger partial charge in [0.25, 0.3) is 0 Å². The van der Waals surface area contributed by atoms with Gasteiger partial charge in [-0.1, -0.05) is 31.9 Å². The van der Waals surface area contributed by atoms with Crippen LogP contribution in [0.15, 0.2) is 24.3 Å². The Morgan fingerprint density at radius 3 is 2.58 bits per heavy atom. The quantitative estimate of drug-likeness (QED) is 0.653. The van der Waals surface area contributed by atoms with Gasteiger partial charge in [-0.3, -0.25) is 4.21 Å². The van der Waals surface area contributed by atoms with Gasteiger partial charge in [0, 0.05) is 16.6 Å². The Labute approximate surface area is 118 Å². The number of ether oxygens (including phenoxy) is 1. The van der Waals surface area contributed by atoms with Crippen LogP contribution in [0.1, 0.15) is 31.7 Å². The summed E-state index contributed by atoms with van der Waals surface area (Å²) in [6, 6.07) is 9.58. The molecule has 0 aliphatic heterocycles. The van der Waals surface area contributed by atoms with Crippen molar-refractivity contribution in [1.29, 1.82) is 5.26 Å². The van der Waals surface area contributed by atoms with E-state index in [9.17, 15) is 4.21 Å². The van der Waals surface area contributed by atoms with E-state index in [0.717, 1.165) is 36.3 Å². The number of nitrogens with zero attached hydrogens (tertiary/aromatic N) is 1. The molecular formula is C15H21NO2S. The smallest absolute Gasteiger partial charge is 0.119 e. The van der Waals surface area contributed by atoms with Crippen LogP contribution in [-0.4, -0.2) is 22.3 Å². The fourth-order valence-corrected chi connectivity index (χ4v) is 2.66. The van der Waals surface area contributed by atoms with Crippen molar-refractivity contribution in [3.05, 3.63) is 29.8 Å². The van der Waals surface area contributed by atoms with E-state index in [1.165, 1.54) is 0 Å². The average Bonchev–Trinajstić information content (AvgIpc) is 2.41. The average molecular weight is 279 g/mol. The summed E-state index contributed by atoms with van der Waals surface area (Å²) in [6.07, 6.45) is 3.75. The highest BCUT2D eigenvalue weighted by molar-refractivity contribution is 7.84. The molecule has 1 rings (SSSR count). The molecule has 0 aliphatic rings. The number of nitriles is 1. The second-order valence-corrected chi connectivity index (χ2v) is 6.08. The van der Waals surface area contributed by atoms with Crippen molar-refractivity contribution < 1.29 is 8.95 Å². The van der Waals surface area contributed by atoms with Gasteiger partial charge in [-0.15, -0.1) is 0 Å². The number of rotatable bonds is 9. The minimum absolute atomic E-state index is 0.418. The molecule has 0 bridgehead atoms. The molecule has 0 heterocycles. The van der Waals surface area contributed by atoms with Crippen molar-refractivity contribution in [2.45, 2.75) is 32.6 Å². The predicted molar refractivity (Wildman–Crippen MR) is 78.7 cm³/mol. The second kappa shape index (κ2) is 9.57. The van der Waals surface area contributed by atoms with Gasteiger partial charge in [-0.2, -0.15) is 5.26 Å². The fraction of sp³-hybridized carbons (Fsp3) is 0.533. The largest absolute Gasteiger partial charge is 0.493 e. The van der Waals surface area contributed by atoms with E-state index in [4.69, 9.17) is 10.00 Å². The predicted octanol–water partition coefficient (Wildman–Crippen LogP) is 3.07. The van der Waals surface area contributed by atoms with Crippen molar-refractivity contribution in [1.82, 2.24) is 0 Å². The van der Waals surface area contributed by atoms with Crippen LogP contribution in [0.3, 0.4) is 0 Å². The number of hydrogen-bond acceptors (Lipinski definition) is 3. The Balaban J connectivity index is 2.22. The monoisotopic (exact) mass is 279 g/mol. The highest BCUT2D eigenvalue weighted by Crippen LogP contribution is 2.12. The Bertz CT molecular complexity index is 423. The third kappa shape index (κ3) is 6.97. The molecule has 4 heteroatoms. The van der Waals surface area contributed by atoms with E-state index in [0.29, 0.717) is 18.8 Å². The zero-order valence-electron chi connectivity index (χ0n) is 11.4. The maximum absolute atomic E-state index is 11.6. The van der Waals surface area contributed by atoms with E-state index >= 15 is 0 Å². The van der Waals surface area contributed by atoms with E-state index < -0.39 is 10.8 Å². The summed E-state index contributed by atoms with van der Waals surface area (Å²) in [5, 5.41) is 8.57. The summed E-state index contributed by atoms with van der Waals surface area (Å²) >= 11 is 0. The molecule has 0 N–H and O–H groups in total. The van der Waals surface area contributed by atoms with E-state index in [2.05, 4.69) is 13.0 Å². The van der Waals surface area contributed by atoms with Gasteiger partial charge in [-0.05, 0) is 24.1 Å². The minimum atomic E-state index is -0.771. The molecule has 104 valence electrons. The highest BCUT2D eigenvalue weighted by atomic mass is 32.2. The number of unbranched alkanes of at least 4 members (excludes halogenated alkanes) is 2. The molecule has 1 aromatic rings. The molecule has 0 spiro atoms. The van der Waals surface area contributed by atoms with Crippen LogP contribution in [0.2, 0.25) is 0 Å². The van der Waals surface area contributed by atoms with Crippen LogP contribution in [0.5, 0.6) is 5.75 Å². The summed E-state index contributed by atoms with van der Waals surface area (Å²) in [5.74, 6) is 2.13. The molecule has 1 aromatic carbocycles. The lowest BCUT2D eigenvalue weighted by Crippen LogP contribution is -2.11. The van der Waals surface area contributed by atoms with Crippen molar-refractivity contribution >= 4 is 10.8 Å². The molecule has 19 heavy (non-hydrogen) atoms. The summed E-state index contributed by atoms with van der Waals surface area (Å²) < 4.78 is 17.2. The van der Waals surface area contributed by atoms with Gasteiger partial charge < -0.3 is 4.74 Å². The third-order valence-corrected chi connectivity index (χ3v) is 4.13. The van der Waals surface area contributed by atoms with Crippen LogP contribution in [0.25, 0.3) is 0 Å². The van der Waals surface area contributed by atoms with Crippen molar-refractivity contribution in [2.75, 3.05) is 18.1 Å². The van der Waals surface area contributed by atoms with Gasteiger partial charge in [0.1, 0.15) is 5.75 Å². The lowest BCUT2D eigenvalue weighted by Gasteiger charge is -2.06. The molecule has 3 nitrogen and oxygen atoms in total. The maximum Gasteiger partial charge on any atom is 0.119 e. The molecule has 0 aliphatic carbocycles. The molecule has 0 saturated carbocycles. The number of benzene rings is 1. The van der Waals surface area contributed by atoms with Crippen molar-refractivity contribution in [2.24, 2.45) is 0 Å². The maximum atomic E-state index is 11.6. The van der Waals surface area contributed by atoms with Crippen LogP contribution in [0.4, 0.5) is 0 Å². The summed E-state index contributed by atoms with van der Waals surface area (Å²) in [5.41, 5.74) is 0.984. The first-order chi connectivity index (χ1) is 9.26. The molecule has 0 radical (unpaired) electrons. The Morgan fingerprint density at radius 1 is 1.21 bits per heavy atom. The molecular weight excluding hydrogens is 258 g/mol. The number of hydrogen-bond donors (Lipinski definition) is 0. The standard InChI is InChI=1S/C15H21NO2S/c1-2-3-4-12-19(17)13-11-18-15-7-5-14(6-8-15)9-10-16/h5-8H,2-4,9,11-13H2,1H3. The van der Waals surface area contributed by atoms with Crippen LogP contribution in [-0.2, 0) is 17.2 Å². The first-order valence-corrected chi connectivity index (χ1v) is 8.18. The van der Waals surface area contributed by atoms with Gasteiger partial charge in [0.2, 0.25) is 0 Å². The molecule has 1 atom stereocenters. The highest BCUT2D eigenvalue weighted by Gasteiger charge is 2.01. The lowest BCUT2D eigenvalue weighted by molar-refractivity contribution is 0.342. The summed E-state index contributed by atoms with van der Waals surface area (Å²) in [4.78, 5) is 0. The zero-order chi connectivity index (χ0) is 13.9. The molecule has 0 aromatic heterocycles. The molecule has 1 unspecified atom stereocenters. The normalized spacial score (nSPS) is 11.8. The van der Waals surface area contributed by atoms with Gasteiger partial charge in [0.05, 0.1) is 24.8 Å². The lowest BCUT2D eigenvalue weighted by atomic mass is 10.2. The first kappa shape index (κ1) is 15.7. The summed E-state index contributed by atoms with van der Waals surface area (Å²) in [6.45, 7) is 2.62. The van der Waals surface area contributed by atoms with Crippen LogP contribution >= 0.6 is 0 Å². The van der Waals surface area contributed by atoms with Gasteiger partial charge in [-0.25, -0.2) is 0 Å². The van der Waals surface area contributed by atoms with Crippen molar-refractivity contribution in [3.63, 3.8) is 0 Å². The van der Waals surface area contributed by atoms with Gasteiger partial charge in [0.15, 0.2) is 0 Å². The first-order valence-electron chi connectivity index (χ1n) is 6.70. The zero-order valence-corrected chi connectivity index (χ0v) is 12.2. The fourth-order valence-electron chi connectivity index (χ4n) is 1.66. The van der Waals surface area contributed by atoms with Crippen molar-refractivity contribution in [3.8, 4) is 11.8 Å². The van der Waals surface area contributed by atoms with E-state index in [-0.39, 0.29) is 0 Å². The molecule has 0 amide bonds. The SMILES string of the molecule is CCCCCS(=O)CCOc1ccc(CC#N)cc1. The minimum Gasteiger partial charge on any atom is -0.493 e. The second-order valence-electron chi connectivity index (χ2n) is 4.38. The Morgan fingerprint density at radius 2 is 1.95 bits per heavy atom. The Hall–Kier alpha value is -1.34. The molecule has 0 fully saturated rings.